The van der Waals surface area contributed by atoms with Crippen molar-refractivity contribution in [2.45, 2.75) is 24.8 Å². The van der Waals surface area contributed by atoms with Gasteiger partial charge in [-0.1, -0.05) is 11.8 Å². The van der Waals surface area contributed by atoms with Gasteiger partial charge in [-0.2, -0.15) is 26.3 Å². The molecule has 0 saturated heterocycles. The molecule has 0 bridgehead atoms. The summed E-state index contributed by atoms with van der Waals surface area (Å²) < 4.78 is 74.9. The van der Waals surface area contributed by atoms with Crippen molar-refractivity contribution in [1.82, 2.24) is 10.6 Å². The molecular formula is C8H9F6N3OS. The molecule has 0 fully saturated rings. The molecule has 0 aliphatic carbocycles. The van der Waals surface area contributed by atoms with E-state index in [0.29, 0.717) is 12.3 Å². The van der Waals surface area contributed by atoms with Crippen LogP contribution < -0.4 is 10.6 Å². The second kappa shape index (κ2) is 5.10. The van der Waals surface area contributed by atoms with Crippen LogP contribution in [0.3, 0.4) is 0 Å². The topological polar surface area (TPSA) is 53.5 Å². The highest BCUT2D eigenvalue weighted by Crippen LogP contribution is 2.42. The van der Waals surface area contributed by atoms with E-state index in [1.165, 1.54) is 0 Å². The molecule has 0 aromatic carbocycles. The molecule has 110 valence electrons. The van der Waals surface area contributed by atoms with E-state index in [0.717, 1.165) is 17.1 Å². The third-order valence-corrected chi connectivity index (χ3v) is 3.19. The first-order valence-corrected chi connectivity index (χ1v) is 5.86. The number of carbonyl (C=O) groups is 1. The number of alkyl halides is 6. The Bertz CT molecular complexity index is 377. The summed E-state index contributed by atoms with van der Waals surface area (Å²) in [5.74, 6) is 0.505. The molecule has 1 rings (SSSR count). The third-order valence-electron chi connectivity index (χ3n) is 2.30. The van der Waals surface area contributed by atoms with Gasteiger partial charge in [-0.05, 0) is 6.92 Å². The van der Waals surface area contributed by atoms with Crippen LogP contribution in [-0.2, 0) is 0 Å². The smallest absolute Gasteiger partial charge is 0.316 e. The van der Waals surface area contributed by atoms with Gasteiger partial charge in [-0.3, -0.25) is 10.3 Å². The average molecular weight is 309 g/mol. The zero-order valence-corrected chi connectivity index (χ0v) is 10.3. The molecule has 2 amide bonds. The van der Waals surface area contributed by atoms with Crippen LogP contribution >= 0.6 is 11.8 Å². The van der Waals surface area contributed by atoms with Crippen LogP contribution in [0, 0.1) is 0 Å². The van der Waals surface area contributed by atoms with Crippen LogP contribution in [0.5, 0.6) is 0 Å². The minimum absolute atomic E-state index is 0.0100. The fourth-order valence-electron chi connectivity index (χ4n) is 1.07. The van der Waals surface area contributed by atoms with Gasteiger partial charge < -0.3 is 5.32 Å². The third kappa shape index (κ3) is 3.45. The highest BCUT2D eigenvalue weighted by Gasteiger charge is 2.68. The fraction of sp³-hybridized carbons (Fsp3) is 0.750. The molecule has 0 aromatic rings. The Morgan fingerprint density at radius 3 is 2.11 bits per heavy atom. The summed E-state index contributed by atoms with van der Waals surface area (Å²) in [6.07, 6.45) is -11.3. The van der Waals surface area contributed by atoms with Crippen molar-refractivity contribution in [2.24, 2.45) is 4.99 Å². The first-order chi connectivity index (χ1) is 8.47. The molecule has 4 nitrogen and oxygen atoms in total. The molecular weight excluding hydrogens is 300 g/mol. The Morgan fingerprint density at radius 1 is 1.21 bits per heavy atom. The first kappa shape index (κ1) is 15.9. The maximum atomic E-state index is 12.5. The lowest BCUT2D eigenvalue weighted by molar-refractivity contribution is -0.297. The molecule has 0 unspecified atom stereocenters. The lowest BCUT2D eigenvalue weighted by atomic mass is 10.0. The van der Waals surface area contributed by atoms with Crippen molar-refractivity contribution in [2.75, 3.05) is 12.3 Å². The summed E-state index contributed by atoms with van der Waals surface area (Å²) in [4.78, 5) is 14.9. The Morgan fingerprint density at radius 2 is 1.74 bits per heavy atom. The standard InChI is InChI=1S/C8H9F6N3OS/c1-6(7(9,10)11,8(12,13)14)17-4(18)16-5-15-2-3-19-5/h2-3H2,1H3,(H2,15,16,17,18). The summed E-state index contributed by atoms with van der Waals surface area (Å²) in [6.45, 7) is 0.201. The Hall–Kier alpha value is -1.13. The number of hydrogen-bond acceptors (Lipinski definition) is 3. The zero-order valence-electron chi connectivity index (χ0n) is 9.45. The molecule has 0 atom stereocenters. The number of nitrogens with zero attached hydrogens (tertiary/aromatic N) is 1. The number of carbonyl (C=O) groups excluding carboxylic acids is 1. The monoisotopic (exact) mass is 309 g/mol. The van der Waals surface area contributed by atoms with Gasteiger partial charge in [0.05, 0.1) is 6.54 Å². The normalized spacial score (nSPS) is 17.1. The second-order valence-corrected chi connectivity index (χ2v) is 4.82. The average Bonchev–Trinajstić information content (AvgIpc) is 2.66. The van der Waals surface area contributed by atoms with E-state index in [2.05, 4.69) is 4.99 Å². The summed E-state index contributed by atoms with van der Waals surface area (Å²) in [5.41, 5.74) is -4.33. The van der Waals surface area contributed by atoms with Crippen LogP contribution in [0.4, 0.5) is 31.1 Å². The Balaban J connectivity index is 2.81. The highest BCUT2D eigenvalue weighted by atomic mass is 32.2. The number of rotatable bonds is 1. The minimum Gasteiger partial charge on any atom is -0.316 e. The van der Waals surface area contributed by atoms with Crippen LogP contribution in [-0.4, -0.2) is 41.4 Å². The summed E-state index contributed by atoms with van der Waals surface area (Å²) in [7, 11) is 0. The van der Waals surface area contributed by atoms with Crippen LogP contribution in [0.25, 0.3) is 0 Å². The van der Waals surface area contributed by atoms with Crippen molar-refractivity contribution in [3.05, 3.63) is 0 Å². The SMILES string of the molecule is CC(NC(=O)NC1=NCCS1)(C(F)(F)F)C(F)(F)F. The lowest BCUT2D eigenvalue weighted by Crippen LogP contribution is -2.67. The van der Waals surface area contributed by atoms with Crippen molar-refractivity contribution in [1.29, 1.82) is 0 Å². The summed E-state index contributed by atoms with van der Waals surface area (Å²) in [6, 6.07) is -1.61. The molecule has 1 aliphatic heterocycles. The first-order valence-electron chi connectivity index (χ1n) is 4.87. The number of urea groups is 1. The van der Waals surface area contributed by atoms with Crippen molar-refractivity contribution < 1.29 is 31.1 Å². The summed E-state index contributed by atoms with van der Waals surface area (Å²) >= 11 is 1.03. The molecule has 2 N–H and O–H groups in total. The van der Waals surface area contributed by atoms with E-state index in [1.54, 1.807) is 0 Å². The van der Waals surface area contributed by atoms with Gasteiger partial charge >= 0.3 is 18.4 Å². The molecule has 1 aliphatic rings. The molecule has 1 heterocycles. The molecule has 11 heteroatoms. The second-order valence-electron chi connectivity index (χ2n) is 3.73. The number of nitrogens with one attached hydrogen (secondary N) is 2. The van der Waals surface area contributed by atoms with E-state index < -0.39 is 23.9 Å². The van der Waals surface area contributed by atoms with Crippen molar-refractivity contribution in [3.8, 4) is 0 Å². The molecule has 19 heavy (non-hydrogen) atoms. The van der Waals surface area contributed by atoms with E-state index in [4.69, 9.17) is 0 Å². The van der Waals surface area contributed by atoms with Crippen molar-refractivity contribution >= 4 is 23.0 Å². The number of amidine groups is 1. The predicted molar refractivity (Wildman–Crippen MR) is 56.9 cm³/mol. The van der Waals surface area contributed by atoms with E-state index in [-0.39, 0.29) is 12.1 Å². The van der Waals surface area contributed by atoms with Gasteiger partial charge in [0, 0.05) is 5.75 Å². The van der Waals surface area contributed by atoms with Gasteiger partial charge in [0.1, 0.15) is 0 Å². The van der Waals surface area contributed by atoms with Crippen LogP contribution in [0.2, 0.25) is 0 Å². The molecule has 0 saturated carbocycles. The van der Waals surface area contributed by atoms with E-state index >= 15 is 0 Å². The Labute approximate surface area is 108 Å². The number of halogens is 6. The van der Waals surface area contributed by atoms with Crippen LogP contribution in [0.1, 0.15) is 6.92 Å². The minimum atomic E-state index is -5.67. The quantitative estimate of drug-likeness (QED) is 0.730. The number of aliphatic imine (C=N–C) groups is 1. The summed E-state index contributed by atoms with van der Waals surface area (Å²) in [5, 5.41) is 2.74. The highest BCUT2D eigenvalue weighted by molar-refractivity contribution is 8.14. The largest absolute Gasteiger partial charge is 0.420 e. The number of thioether (sulfide) groups is 1. The van der Waals surface area contributed by atoms with E-state index in [1.807, 2.05) is 5.32 Å². The van der Waals surface area contributed by atoms with Gasteiger partial charge in [0.2, 0.25) is 5.54 Å². The lowest BCUT2D eigenvalue weighted by Gasteiger charge is -2.34. The van der Waals surface area contributed by atoms with Crippen LogP contribution in [0.15, 0.2) is 4.99 Å². The maximum absolute atomic E-state index is 12.5. The van der Waals surface area contributed by atoms with E-state index in [9.17, 15) is 31.1 Å². The maximum Gasteiger partial charge on any atom is 0.420 e. The number of hydrogen-bond donors (Lipinski definition) is 2. The van der Waals surface area contributed by atoms with Gasteiger partial charge in [-0.15, -0.1) is 0 Å². The zero-order chi connectivity index (χ0) is 14.9. The predicted octanol–water partition coefficient (Wildman–Crippen LogP) is 2.27. The molecule has 0 aromatic heterocycles. The Kier molecular flexibility index (Phi) is 4.27. The van der Waals surface area contributed by atoms with Gasteiger partial charge in [-0.25, -0.2) is 4.79 Å². The number of amides is 2. The molecule has 0 radical (unpaired) electrons. The van der Waals surface area contributed by atoms with Crippen molar-refractivity contribution in [3.63, 3.8) is 0 Å². The molecule has 0 spiro atoms. The van der Waals surface area contributed by atoms with Gasteiger partial charge in [0.15, 0.2) is 5.17 Å². The fourth-order valence-corrected chi connectivity index (χ4v) is 1.79. The van der Waals surface area contributed by atoms with Gasteiger partial charge in [0.25, 0.3) is 0 Å².